The van der Waals surface area contributed by atoms with Crippen molar-refractivity contribution in [3.05, 3.63) is 310 Å². The molecular formula is C92H84N2O2S. The van der Waals surface area contributed by atoms with Crippen LogP contribution < -0.4 is 9.80 Å². The predicted molar refractivity (Wildman–Crippen MR) is 411 cm³/mol. The van der Waals surface area contributed by atoms with Gasteiger partial charge in [0.25, 0.3) is 0 Å². The number of fused-ring (bicyclic) bond motifs is 13. The number of benzene rings is 12. The molecule has 14 aromatic rings. The van der Waals surface area contributed by atoms with E-state index in [2.05, 4.69) is 362 Å². The Hall–Kier alpha value is -9.81. The Morgan fingerprint density at radius 2 is 0.722 bits per heavy atom. The summed E-state index contributed by atoms with van der Waals surface area (Å²) in [4.78, 5) is 7.38. The van der Waals surface area contributed by atoms with Gasteiger partial charge in [0.1, 0.15) is 11.2 Å². The molecule has 12 aromatic carbocycles. The first kappa shape index (κ1) is 62.0. The van der Waals surface area contributed by atoms with Gasteiger partial charge in [-0.15, -0.1) is 0 Å². The molecule has 2 aromatic heterocycles. The molecule has 0 saturated carbocycles. The van der Waals surface area contributed by atoms with Crippen LogP contribution in [0, 0.1) is 0 Å². The maximum atomic E-state index is 7.17. The summed E-state index contributed by atoms with van der Waals surface area (Å²) in [6.07, 6.45) is 0. The molecule has 97 heavy (non-hydrogen) atoms. The average molecular weight is 1280 g/mol. The average Bonchev–Trinajstić information content (AvgIpc) is 1.51. The molecule has 5 heteroatoms. The fourth-order valence-electron chi connectivity index (χ4n) is 15.9. The van der Waals surface area contributed by atoms with Crippen LogP contribution in [0.15, 0.2) is 273 Å². The number of anilines is 6. The molecule has 0 amide bonds. The Kier molecular flexibility index (Phi) is 14.3. The minimum Gasteiger partial charge on any atom is -0.454 e. The zero-order chi connectivity index (χ0) is 67.3. The predicted octanol–water partition coefficient (Wildman–Crippen LogP) is 26.4. The fraction of sp³-hybridized carbons (Fsp3) is 0.217. The molecule has 2 heterocycles. The van der Waals surface area contributed by atoms with Crippen LogP contribution in [0.1, 0.15) is 153 Å². The van der Waals surface area contributed by atoms with Crippen molar-refractivity contribution in [2.45, 2.75) is 139 Å². The van der Waals surface area contributed by atoms with Gasteiger partial charge in [-0.1, -0.05) is 272 Å². The van der Waals surface area contributed by atoms with Crippen molar-refractivity contribution < 1.29 is 8.83 Å². The molecule has 0 bridgehead atoms. The van der Waals surface area contributed by atoms with Gasteiger partial charge in [-0.3, -0.25) is 0 Å². The normalized spacial score (nSPS) is 15.1. The van der Waals surface area contributed by atoms with Gasteiger partial charge in [-0.05, 0) is 191 Å². The van der Waals surface area contributed by atoms with E-state index in [1.165, 1.54) is 87.7 Å². The summed E-state index contributed by atoms with van der Waals surface area (Å²) >= 11 is 1.82. The molecule has 480 valence electrons. The van der Waals surface area contributed by atoms with E-state index in [0.717, 1.165) is 78.0 Å². The summed E-state index contributed by atoms with van der Waals surface area (Å²) in [5, 5.41) is 4.35. The van der Waals surface area contributed by atoms with Crippen molar-refractivity contribution in [1.82, 2.24) is 0 Å². The van der Waals surface area contributed by atoms with Crippen molar-refractivity contribution >= 4 is 89.8 Å². The fourth-order valence-corrected chi connectivity index (χ4v) is 16.7. The SMILES string of the molecule is CC(C)(C)c1ccc(Sc2ccc(C3(c4ccc(C(C)(C)C)cc4)c4cc(N(c5ccc(C(C)(C)C)cc5)c5cccc6c5oc5ccccc56)ccc4-c4c3cc(N(c3ccc(C(C)(C)C)cc3)c3cccc5c3oc3ccccc35)c3c4-c4ccccc4C3(C)C)cc2)cc1. The van der Waals surface area contributed by atoms with Gasteiger partial charge in [0, 0.05) is 53.8 Å². The maximum Gasteiger partial charge on any atom is 0.159 e. The highest BCUT2D eigenvalue weighted by Gasteiger charge is 2.52. The summed E-state index contributed by atoms with van der Waals surface area (Å²) in [5.41, 5.74) is 25.5. The van der Waals surface area contributed by atoms with Crippen molar-refractivity contribution in [2.24, 2.45) is 0 Å². The quantitative estimate of drug-likeness (QED) is 0.136. The molecule has 0 N–H and O–H groups in total. The second-order valence-electron chi connectivity index (χ2n) is 31.7. The molecular weight excluding hydrogens is 1200 g/mol. The number of nitrogens with zero attached hydrogens (tertiary/aromatic N) is 2. The number of para-hydroxylation sites is 4. The summed E-state index contributed by atoms with van der Waals surface area (Å²) in [6, 6.07) is 96.5. The zero-order valence-corrected chi connectivity index (χ0v) is 59.2. The van der Waals surface area contributed by atoms with Crippen molar-refractivity contribution in [3.8, 4) is 22.3 Å². The Morgan fingerprint density at radius 3 is 1.24 bits per heavy atom. The van der Waals surface area contributed by atoms with Gasteiger partial charge >= 0.3 is 0 Å². The van der Waals surface area contributed by atoms with E-state index in [1.807, 2.05) is 11.8 Å². The lowest BCUT2D eigenvalue weighted by atomic mass is 9.66. The van der Waals surface area contributed by atoms with Gasteiger partial charge in [-0.25, -0.2) is 0 Å². The first-order valence-electron chi connectivity index (χ1n) is 34.5. The van der Waals surface area contributed by atoms with E-state index < -0.39 is 10.8 Å². The second-order valence-corrected chi connectivity index (χ2v) is 32.9. The van der Waals surface area contributed by atoms with Crippen molar-refractivity contribution in [2.75, 3.05) is 9.80 Å². The Bertz CT molecular complexity index is 5410. The third-order valence-electron chi connectivity index (χ3n) is 21.0. The van der Waals surface area contributed by atoms with Crippen LogP contribution in [0.4, 0.5) is 34.1 Å². The molecule has 0 radical (unpaired) electrons. The third-order valence-corrected chi connectivity index (χ3v) is 22.1. The Morgan fingerprint density at radius 1 is 0.320 bits per heavy atom. The minimum atomic E-state index is -0.916. The highest BCUT2D eigenvalue weighted by molar-refractivity contribution is 7.99. The molecule has 2 aliphatic carbocycles. The Balaban J connectivity index is 1.04. The molecule has 0 aliphatic heterocycles. The monoisotopic (exact) mass is 1280 g/mol. The van der Waals surface area contributed by atoms with Crippen LogP contribution in [0.5, 0.6) is 0 Å². The first-order chi connectivity index (χ1) is 46.4. The van der Waals surface area contributed by atoms with Crippen LogP contribution in [-0.2, 0) is 32.5 Å². The summed E-state index contributed by atoms with van der Waals surface area (Å²) in [5.74, 6) is 0. The van der Waals surface area contributed by atoms with E-state index >= 15 is 0 Å². The standard InChI is InChI=1S/C92H84N2O2S/c1-87(2,3)57-33-35-61(36-34-57)92(62-43-52-67(53-44-62)97-66-50-41-60(42-51-66)90(10,11)12)75-55-65(93(63-45-37-58(38-46-63)88(4,5)6)77-29-21-26-70-68-23-16-19-31-80(68)95-85(70)77)49-54-73(75)82-76(92)56-79(84-83(82)72-25-15-18-28-74(72)91(84,13)14)94(64-47-39-59(40-48-64)89(7,8)9)78-30-22-27-71-69-24-17-20-32-81(69)96-86(71)78/h15-56H,1-14H3. The van der Waals surface area contributed by atoms with Crippen LogP contribution in [0.2, 0.25) is 0 Å². The van der Waals surface area contributed by atoms with Crippen LogP contribution in [-0.4, -0.2) is 0 Å². The minimum absolute atomic E-state index is 0.0507. The molecule has 1 unspecified atom stereocenters. The maximum absolute atomic E-state index is 7.17. The van der Waals surface area contributed by atoms with Crippen LogP contribution >= 0.6 is 11.8 Å². The smallest absolute Gasteiger partial charge is 0.159 e. The number of hydrogen-bond donors (Lipinski definition) is 0. The van der Waals surface area contributed by atoms with Gasteiger partial charge in [-0.2, -0.15) is 0 Å². The molecule has 1 atom stereocenters. The van der Waals surface area contributed by atoms with E-state index in [4.69, 9.17) is 8.83 Å². The van der Waals surface area contributed by atoms with Crippen LogP contribution in [0.25, 0.3) is 66.1 Å². The molecule has 0 fully saturated rings. The zero-order valence-electron chi connectivity index (χ0n) is 58.4. The number of rotatable bonds is 10. The molecule has 16 rings (SSSR count). The lowest BCUT2D eigenvalue weighted by molar-refractivity contribution is 0.589. The lowest BCUT2D eigenvalue weighted by Gasteiger charge is -2.37. The third kappa shape index (κ3) is 10.1. The topological polar surface area (TPSA) is 32.8 Å². The number of furan rings is 2. The highest BCUT2D eigenvalue weighted by Crippen LogP contribution is 2.66. The Labute approximate surface area is 576 Å². The first-order valence-corrected chi connectivity index (χ1v) is 35.3. The molecule has 4 nitrogen and oxygen atoms in total. The van der Waals surface area contributed by atoms with Crippen molar-refractivity contribution in [3.63, 3.8) is 0 Å². The largest absolute Gasteiger partial charge is 0.454 e. The van der Waals surface area contributed by atoms with Gasteiger partial charge in [0.15, 0.2) is 11.2 Å². The van der Waals surface area contributed by atoms with Gasteiger partial charge in [0.05, 0.1) is 22.5 Å². The molecule has 0 saturated heterocycles. The van der Waals surface area contributed by atoms with E-state index in [-0.39, 0.29) is 21.7 Å². The van der Waals surface area contributed by atoms with E-state index in [9.17, 15) is 0 Å². The van der Waals surface area contributed by atoms with Gasteiger partial charge < -0.3 is 18.6 Å². The second kappa shape index (κ2) is 22.4. The molecule has 2 aliphatic rings. The number of hydrogen-bond acceptors (Lipinski definition) is 5. The lowest BCUT2D eigenvalue weighted by Crippen LogP contribution is -2.30. The van der Waals surface area contributed by atoms with Crippen molar-refractivity contribution in [1.29, 1.82) is 0 Å². The van der Waals surface area contributed by atoms with E-state index in [1.54, 1.807) is 0 Å². The summed E-state index contributed by atoms with van der Waals surface area (Å²) < 4.78 is 14.2. The van der Waals surface area contributed by atoms with Crippen LogP contribution in [0.3, 0.4) is 0 Å². The highest BCUT2D eigenvalue weighted by atomic mass is 32.2. The van der Waals surface area contributed by atoms with Gasteiger partial charge in [0.2, 0.25) is 0 Å². The molecule has 0 spiro atoms. The summed E-state index contributed by atoms with van der Waals surface area (Å²) in [7, 11) is 0. The summed E-state index contributed by atoms with van der Waals surface area (Å²) in [6.45, 7) is 32.5. The van der Waals surface area contributed by atoms with E-state index in [0.29, 0.717) is 0 Å².